The molecule has 0 saturated heterocycles. The molecule has 0 heterocycles. The number of hydrogen-bond acceptors (Lipinski definition) is 2. The minimum absolute atomic E-state index is 0. The van der Waals surface area contributed by atoms with Crippen LogP contribution in [0.15, 0.2) is 30.3 Å². The Hall–Kier alpha value is -0.246. The summed E-state index contributed by atoms with van der Waals surface area (Å²) in [7, 11) is 0. The van der Waals surface area contributed by atoms with Crippen LogP contribution in [0.4, 0.5) is 0 Å². The third-order valence-electron chi connectivity index (χ3n) is 1.57. The van der Waals surface area contributed by atoms with Crippen LogP contribution in [0.25, 0.3) is 0 Å². The summed E-state index contributed by atoms with van der Waals surface area (Å²) in [6.45, 7) is 4.75. The fraction of sp³-hybridized carbons (Fsp3) is 0.417. The summed E-state index contributed by atoms with van der Waals surface area (Å²) in [6.07, 6.45) is 0.0623. The van der Waals surface area contributed by atoms with E-state index in [0.717, 1.165) is 5.56 Å². The van der Waals surface area contributed by atoms with Crippen molar-refractivity contribution in [3.63, 3.8) is 0 Å². The van der Waals surface area contributed by atoms with Crippen molar-refractivity contribution in [2.24, 2.45) is 0 Å². The van der Waals surface area contributed by atoms with Gasteiger partial charge in [-0.25, -0.2) is 0 Å². The second kappa shape index (κ2) is 12.8. The molecule has 1 radical (unpaired) electrons. The van der Waals surface area contributed by atoms with E-state index in [9.17, 15) is 4.79 Å². The Morgan fingerprint density at radius 3 is 2.31 bits per heavy atom. The predicted octanol–water partition coefficient (Wildman–Crippen LogP) is 2.70. The minimum atomic E-state index is -0.826. The zero-order valence-corrected chi connectivity index (χ0v) is 12.7. The molecule has 0 unspecified atom stereocenters. The predicted molar refractivity (Wildman–Crippen MR) is 59.7 cm³/mol. The number of carbonyl (C=O) groups is 1. The van der Waals surface area contributed by atoms with Gasteiger partial charge in [-0.2, -0.15) is 0 Å². The number of rotatable bonds is 5. The van der Waals surface area contributed by atoms with Crippen LogP contribution in [0.1, 0.15) is 25.8 Å². The average Bonchev–Trinajstić information content (AvgIpc) is 2.28. The first kappa shape index (κ1) is 18.1. The van der Waals surface area contributed by atoms with E-state index in [1.54, 1.807) is 0 Å². The Labute approximate surface area is 122 Å². The molecule has 0 atom stereocenters. The largest absolute Gasteiger partial charge is 0.481 e. The van der Waals surface area contributed by atoms with Gasteiger partial charge in [0.2, 0.25) is 0 Å². The van der Waals surface area contributed by atoms with Gasteiger partial charge in [-0.05, 0) is 5.56 Å². The summed E-state index contributed by atoms with van der Waals surface area (Å²) in [5.74, 6) is -0.826. The van der Waals surface area contributed by atoms with E-state index in [4.69, 9.17) is 9.84 Å². The van der Waals surface area contributed by atoms with Crippen molar-refractivity contribution in [1.29, 1.82) is 0 Å². The Morgan fingerprint density at radius 2 is 1.81 bits per heavy atom. The third-order valence-corrected chi connectivity index (χ3v) is 1.57. The maximum atomic E-state index is 10.1. The quantitative estimate of drug-likeness (QED) is 0.850. The smallest absolute Gasteiger partial charge is 0.305 e. The van der Waals surface area contributed by atoms with Gasteiger partial charge in [0.25, 0.3) is 0 Å². The minimum Gasteiger partial charge on any atom is -0.481 e. The molecule has 1 N–H and O–H groups in total. The normalized spacial score (nSPS) is 8.38. The van der Waals surface area contributed by atoms with Gasteiger partial charge in [0, 0.05) is 32.7 Å². The third kappa shape index (κ3) is 10.3. The fourth-order valence-corrected chi connectivity index (χ4v) is 0.924. The number of aliphatic carboxylic acids is 1. The van der Waals surface area contributed by atoms with Crippen LogP contribution in [0.3, 0.4) is 0 Å². The summed E-state index contributed by atoms with van der Waals surface area (Å²) in [4.78, 5) is 10.1. The van der Waals surface area contributed by atoms with E-state index in [2.05, 4.69) is 0 Å². The van der Waals surface area contributed by atoms with Crippen molar-refractivity contribution in [2.75, 3.05) is 6.61 Å². The second-order valence-electron chi connectivity index (χ2n) is 2.68. The molecule has 4 heteroatoms. The van der Waals surface area contributed by atoms with Crippen molar-refractivity contribution < 1.29 is 47.3 Å². The summed E-state index contributed by atoms with van der Waals surface area (Å²) in [5, 5.41) is 8.33. The Balaban J connectivity index is 0. The molecule has 1 aromatic carbocycles. The molecule has 0 aliphatic rings. The zero-order chi connectivity index (χ0) is 11.5. The van der Waals surface area contributed by atoms with E-state index in [-0.39, 0.29) is 45.7 Å². The molecule has 0 aliphatic heterocycles. The van der Waals surface area contributed by atoms with Gasteiger partial charge in [-0.3, -0.25) is 4.79 Å². The number of carboxylic acids is 1. The van der Waals surface area contributed by atoms with Crippen LogP contribution in [0.2, 0.25) is 0 Å². The second-order valence-corrected chi connectivity index (χ2v) is 2.68. The topological polar surface area (TPSA) is 46.5 Å². The van der Waals surface area contributed by atoms with E-state index >= 15 is 0 Å². The van der Waals surface area contributed by atoms with Crippen LogP contribution in [0.5, 0.6) is 0 Å². The van der Waals surface area contributed by atoms with Crippen LogP contribution >= 0.6 is 0 Å². The van der Waals surface area contributed by atoms with Gasteiger partial charge in [0.15, 0.2) is 0 Å². The average molecular weight is 299 g/mol. The van der Waals surface area contributed by atoms with E-state index < -0.39 is 5.97 Å². The molecule has 0 aliphatic carbocycles. The molecule has 0 aromatic heterocycles. The van der Waals surface area contributed by atoms with Crippen molar-refractivity contribution in [3.05, 3.63) is 35.9 Å². The summed E-state index contributed by atoms with van der Waals surface area (Å²) in [5.41, 5.74) is 1.06. The summed E-state index contributed by atoms with van der Waals surface area (Å²) < 4.78 is 5.15. The van der Waals surface area contributed by atoms with Crippen molar-refractivity contribution in [1.82, 2.24) is 0 Å². The summed E-state index contributed by atoms with van der Waals surface area (Å²) in [6, 6.07) is 9.67. The molecule has 1 aromatic rings. The van der Waals surface area contributed by atoms with E-state index in [1.807, 2.05) is 44.2 Å². The van der Waals surface area contributed by atoms with Gasteiger partial charge >= 0.3 is 5.97 Å². The molecule has 87 valence electrons. The van der Waals surface area contributed by atoms with Crippen molar-refractivity contribution in [3.8, 4) is 0 Å². The zero-order valence-electron chi connectivity index (χ0n) is 9.85. The maximum Gasteiger partial charge on any atom is 0.305 e. The van der Waals surface area contributed by atoms with E-state index in [1.165, 1.54) is 0 Å². The van der Waals surface area contributed by atoms with Crippen LogP contribution < -0.4 is 0 Å². The fourth-order valence-electron chi connectivity index (χ4n) is 0.924. The molecule has 0 amide bonds. The number of carboxylic acid groups (broad SMARTS) is 1. The molecular weight excluding hydrogens is 281 g/mol. The molecule has 0 fully saturated rings. The van der Waals surface area contributed by atoms with Crippen LogP contribution in [-0.4, -0.2) is 17.7 Å². The standard InChI is InChI=1S/C10H12O3.C2H6.Y/c11-10(12)6-7-13-8-9-4-2-1-3-5-9;1-2;/h1-5H,6-8H2,(H,11,12);1-2H3;. The molecular formula is C12H18O3Y. The van der Waals surface area contributed by atoms with Crippen molar-refractivity contribution >= 4 is 5.97 Å². The van der Waals surface area contributed by atoms with Crippen LogP contribution in [-0.2, 0) is 48.8 Å². The van der Waals surface area contributed by atoms with E-state index in [0.29, 0.717) is 6.61 Å². The van der Waals surface area contributed by atoms with Gasteiger partial charge in [0.1, 0.15) is 0 Å². The Kier molecular flexibility index (Phi) is 14.5. The SMILES string of the molecule is CC.O=C(O)CCOCc1ccccc1.[Y]. The molecule has 0 spiro atoms. The maximum absolute atomic E-state index is 10.1. The van der Waals surface area contributed by atoms with Crippen molar-refractivity contribution in [2.45, 2.75) is 26.9 Å². The Morgan fingerprint density at radius 1 is 1.25 bits per heavy atom. The van der Waals surface area contributed by atoms with Gasteiger partial charge in [-0.1, -0.05) is 44.2 Å². The molecule has 3 nitrogen and oxygen atoms in total. The van der Waals surface area contributed by atoms with Gasteiger partial charge < -0.3 is 9.84 Å². The monoisotopic (exact) mass is 299 g/mol. The van der Waals surface area contributed by atoms with Crippen LogP contribution in [0, 0.1) is 0 Å². The Bertz CT molecular complexity index is 262. The molecule has 16 heavy (non-hydrogen) atoms. The first-order valence-electron chi connectivity index (χ1n) is 5.12. The summed E-state index contributed by atoms with van der Waals surface area (Å²) >= 11 is 0. The number of ether oxygens (including phenoxy) is 1. The molecule has 0 bridgehead atoms. The number of benzene rings is 1. The molecule has 0 saturated carbocycles. The van der Waals surface area contributed by atoms with Gasteiger partial charge in [0.05, 0.1) is 19.6 Å². The number of hydrogen-bond donors (Lipinski definition) is 1. The van der Waals surface area contributed by atoms with Gasteiger partial charge in [-0.15, -0.1) is 0 Å². The first-order valence-corrected chi connectivity index (χ1v) is 5.12. The first-order chi connectivity index (χ1) is 7.29. The molecule has 1 rings (SSSR count).